The number of aromatic nitrogens is 2. The lowest BCUT2D eigenvalue weighted by atomic mass is 10.0. The van der Waals surface area contributed by atoms with Crippen LogP contribution in [0.4, 0.5) is 5.69 Å². The lowest BCUT2D eigenvalue weighted by Crippen LogP contribution is -2.21. The van der Waals surface area contributed by atoms with Gasteiger partial charge in [0, 0.05) is 13.5 Å². The van der Waals surface area contributed by atoms with E-state index in [1.807, 2.05) is 63.4 Å². The Bertz CT molecular complexity index is 901. The quantitative estimate of drug-likeness (QED) is 0.739. The summed E-state index contributed by atoms with van der Waals surface area (Å²) in [5, 5.41) is 7.20. The van der Waals surface area contributed by atoms with E-state index in [4.69, 9.17) is 4.74 Å². The number of hydrogen-bond acceptors (Lipinski definition) is 3. The number of nitrogens with one attached hydrogen (secondary N) is 1. The third kappa shape index (κ3) is 4.11. The van der Waals surface area contributed by atoms with Gasteiger partial charge in [0.25, 0.3) is 5.91 Å². The largest absolute Gasteiger partial charge is 0.483 e. The molecule has 0 spiro atoms. The molecule has 3 rings (SSSR count). The maximum Gasteiger partial charge on any atom is 0.262 e. The number of hydrogen-bond donors (Lipinski definition) is 1. The molecule has 5 nitrogen and oxygen atoms in total. The van der Waals surface area contributed by atoms with Crippen molar-refractivity contribution in [2.75, 3.05) is 11.9 Å². The van der Waals surface area contributed by atoms with Crippen LogP contribution in [0.25, 0.3) is 0 Å². The van der Waals surface area contributed by atoms with Crippen LogP contribution in [-0.2, 0) is 18.3 Å². The summed E-state index contributed by atoms with van der Waals surface area (Å²) < 4.78 is 7.54. The molecule has 0 bridgehead atoms. The van der Waals surface area contributed by atoms with Gasteiger partial charge in [-0.3, -0.25) is 9.48 Å². The third-order valence-corrected chi connectivity index (χ3v) is 4.34. The van der Waals surface area contributed by atoms with Crippen molar-refractivity contribution < 1.29 is 9.53 Å². The fraction of sp³-hybridized carbons (Fsp3) is 0.238. The number of nitrogens with zero attached hydrogens (tertiary/aromatic N) is 2. The average molecular weight is 349 g/mol. The predicted octanol–water partition coefficient (Wildman–Crippen LogP) is 3.65. The second-order valence-corrected chi connectivity index (χ2v) is 6.28. The molecule has 3 aromatic rings. The van der Waals surface area contributed by atoms with Crippen LogP contribution in [0.3, 0.4) is 0 Å². The molecule has 5 heteroatoms. The Hall–Kier alpha value is -3.08. The summed E-state index contributed by atoms with van der Waals surface area (Å²) in [4.78, 5) is 12.3. The Morgan fingerprint density at radius 3 is 2.46 bits per heavy atom. The smallest absolute Gasteiger partial charge is 0.262 e. The van der Waals surface area contributed by atoms with Crippen molar-refractivity contribution in [1.82, 2.24) is 9.78 Å². The van der Waals surface area contributed by atoms with E-state index in [-0.39, 0.29) is 12.5 Å². The highest BCUT2D eigenvalue weighted by Gasteiger charge is 2.13. The molecular weight excluding hydrogens is 326 g/mol. The van der Waals surface area contributed by atoms with Gasteiger partial charge in [-0.2, -0.15) is 5.10 Å². The molecule has 2 aromatic carbocycles. The molecule has 0 atom stereocenters. The molecule has 1 N–H and O–H groups in total. The second-order valence-electron chi connectivity index (χ2n) is 6.28. The lowest BCUT2D eigenvalue weighted by Gasteiger charge is -2.12. The first-order valence-electron chi connectivity index (χ1n) is 8.59. The monoisotopic (exact) mass is 349 g/mol. The Balaban J connectivity index is 1.65. The summed E-state index contributed by atoms with van der Waals surface area (Å²) in [6.45, 7) is 3.75. The fourth-order valence-electron chi connectivity index (χ4n) is 2.88. The van der Waals surface area contributed by atoms with Crippen LogP contribution in [0.5, 0.6) is 5.75 Å². The van der Waals surface area contributed by atoms with Crippen molar-refractivity contribution in [3.05, 3.63) is 77.1 Å². The Morgan fingerprint density at radius 1 is 1.08 bits per heavy atom. The number of carbonyl (C=O) groups is 1. The van der Waals surface area contributed by atoms with Gasteiger partial charge in [0.1, 0.15) is 5.75 Å². The molecule has 0 radical (unpaired) electrons. The highest BCUT2D eigenvalue weighted by Crippen LogP contribution is 2.22. The average Bonchev–Trinajstić information content (AvgIpc) is 2.88. The molecule has 0 aliphatic carbocycles. The molecule has 26 heavy (non-hydrogen) atoms. The van der Waals surface area contributed by atoms with Crippen LogP contribution in [0, 0.1) is 13.8 Å². The molecular formula is C21H23N3O2. The molecule has 0 fully saturated rings. The summed E-state index contributed by atoms with van der Waals surface area (Å²) in [5.41, 5.74) is 4.72. The molecule has 1 heterocycles. The van der Waals surface area contributed by atoms with Crippen LogP contribution >= 0.6 is 0 Å². The van der Waals surface area contributed by atoms with Gasteiger partial charge in [-0.25, -0.2) is 0 Å². The SMILES string of the molecule is Cc1nn(C)c(C)c1NC(=O)COc1ccccc1Cc1ccccc1. The molecule has 1 aromatic heterocycles. The van der Waals surface area contributed by atoms with Gasteiger partial charge in [-0.1, -0.05) is 48.5 Å². The third-order valence-electron chi connectivity index (χ3n) is 4.34. The summed E-state index contributed by atoms with van der Waals surface area (Å²) >= 11 is 0. The minimum absolute atomic E-state index is 0.0421. The van der Waals surface area contributed by atoms with Crippen LogP contribution in [-0.4, -0.2) is 22.3 Å². The zero-order valence-corrected chi connectivity index (χ0v) is 15.3. The fourth-order valence-corrected chi connectivity index (χ4v) is 2.88. The van der Waals surface area contributed by atoms with Crippen molar-refractivity contribution in [1.29, 1.82) is 0 Å². The van der Waals surface area contributed by atoms with Gasteiger partial charge in [0.2, 0.25) is 0 Å². The highest BCUT2D eigenvalue weighted by atomic mass is 16.5. The number of aryl methyl sites for hydroxylation is 2. The highest BCUT2D eigenvalue weighted by molar-refractivity contribution is 5.93. The van der Waals surface area contributed by atoms with Crippen molar-refractivity contribution in [3.63, 3.8) is 0 Å². The molecule has 0 unspecified atom stereocenters. The Labute approximate surface area is 153 Å². The maximum absolute atomic E-state index is 12.3. The second kappa shape index (κ2) is 7.87. The zero-order valence-electron chi connectivity index (χ0n) is 15.3. The molecule has 1 amide bonds. The van der Waals surface area contributed by atoms with Gasteiger partial charge in [0.15, 0.2) is 6.61 Å². The van der Waals surface area contributed by atoms with Crippen LogP contribution in [0.1, 0.15) is 22.5 Å². The summed E-state index contributed by atoms with van der Waals surface area (Å²) in [5.74, 6) is 0.532. The molecule has 134 valence electrons. The lowest BCUT2D eigenvalue weighted by molar-refractivity contribution is -0.118. The van der Waals surface area contributed by atoms with E-state index in [0.717, 1.165) is 34.8 Å². The number of para-hydroxylation sites is 1. The minimum atomic E-state index is -0.196. The first-order chi connectivity index (χ1) is 12.5. The van der Waals surface area contributed by atoms with Gasteiger partial charge < -0.3 is 10.1 Å². The van der Waals surface area contributed by atoms with Crippen LogP contribution in [0.2, 0.25) is 0 Å². The first-order valence-corrected chi connectivity index (χ1v) is 8.59. The van der Waals surface area contributed by atoms with E-state index in [2.05, 4.69) is 22.5 Å². The number of benzene rings is 2. The standard InChI is InChI=1S/C21H23N3O2/c1-15-21(16(2)24(3)23-15)22-20(25)14-26-19-12-8-7-11-18(19)13-17-9-5-4-6-10-17/h4-12H,13-14H2,1-3H3,(H,22,25). The minimum Gasteiger partial charge on any atom is -0.483 e. The maximum atomic E-state index is 12.3. The van der Waals surface area contributed by atoms with Gasteiger partial charge in [-0.05, 0) is 31.0 Å². The summed E-state index contributed by atoms with van der Waals surface area (Å²) in [7, 11) is 1.86. The summed E-state index contributed by atoms with van der Waals surface area (Å²) in [6.07, 6.45) is 0.763. The van der Waals surface area contributed by atoms with Crippen molar-refractivity contribution in [2.45, 2.75) is 20.3 Å². The van der Waals surface area contributed by atoms with E-state index in [0.29, 0.717) is 0 Å². The molecule has 0 saturated heterocycles. The Kier molecular flexibility index (Phi) is 5.37. The molecule has 0 aliphatic heterocycles. The normalized spacial score (nSPS) is 10.6. The van der Waals surface area contributed by atoms with Gasteiger partial charge >= 0.3 is 0 Å². The van der Waals surface area contributed by atoms with Crippen LogP contribution < -0.4 is 10.1 Å². The van der Waals surface area contributed by atoms with Crippen molar-refractivity contribution in [2.24, 2.45) is 7.05 Å². The summed E-state index contributed by atoms with van der Waals surface area (Å²) in [6, 6.07) is 18.0. The molecule has 0 saturated carbocycles. The molecule has 0 aliphatic rings. The number of anilines is 1. The topological polar surface area (TPSA) is 56.2 Å². The van der Waals surface area contributed by atoms with E-state index >= 15 is 0 Å². The Morgan fingerprint density at radius 2 is 1.77 bits per heavy atom. The van der Waals surface area contributed by atoms with Gasteiger partial charge in [-0.15, -0.1) is 0 Å². The number of ether oxygens (including phenoxy) is 1. The first kappa shape index (κ1) is 17.7. The van der Waals surface area contributed by atoms with E-state index < -0.39 is 0 Å². The van der Waals surface area contributed by atoms with E-state index in [9.17, 15) is 4.79 Å². The van der Waals surface area contributed by atoms with Crippen molar-refractivity contribution in [3.8, 4) is 5.75 Å². The predicted molar refractivity (Wildman–Crippen MR) is 102 cm³/mol. The van der Waals surface area contributed by atoms with Crippen molar-refractivity contribution >= 4 is 11.6 Å². The number of carbonyl (C=O) groups excluding carboxylic acids is 1. The number of amides is 1. The number of rotatable bonds is 6. The van der Waals surface area contributed by atoms with E-state index in [1.165, 1.54) is 5.56 Å². The zero-order chi connectivity index (χ0) is 18.5. The van der Waals surface area contributed by atoms with E-state index in [1.54, 1.807) is 4.68 Å². The van der Waals surface area contributed by atoms with Crippen LogP contribution in [0.15, 0.2) is 54.6 Å². The van der Waals surface area contributed by atoms with Gasteiger partial charge in [0.05, 0.1) is 17.1 Å².